The van der Waals surface area contributed by atoms with Crippen molar-refractivity contribution in [2.75, 3.05) is 18.8 Å². The van der Waals surface area contributed by atoms with Crippen molar-refractivity contribution in [3.8, 4) is 0 Å². The molecule has 1 aliphatic carbocycles. The Balaban J connectivity index is 2.14. The number of hydrogen-bond donors (Lipinski definition) is 2. The zero-order chi connectivity index (χ0) is 10.6. The molecule has 0 aromatic rings. The maximum absolute atomic E-state index is 11.5. The Morgan fingerprint density at radius 3 is 2.57 bits per heavy atom. The van der Waals surface area contributed by atoms with E-state index in [4.69, 9.17) is 0 Å². The molecule has 4 nitrogen and oxygen atoms in total. The van der Waals surface area contributed by atoms with Crippen molar-refractivity contribution in [3.63, 3.8) is 0 Å². The first-order valence-corrected chi connectivity index (χ1v) is 6.91. The third-order valence-electron chi connectivity index (χ3n) is 2.46. The highest BCUT2D eigenvalue weighted by atomic mass is 32.2. The number of sulfonamides is 1. The average molecular weight is 220 g/mol. The lowest BCUT2D eigenvalue weighted by atomic mass is 10.5. The highest BCUT2D eigenvalue weighted by molar-refractivity contribution is 7.89. The number of hydrogen-bond acceptors (Lipinski definition) is 3. The van der Waals surface area contributed by atoms with Crippen LogP contribution in [-0.4, -0.2) is 33.3 Å². The van der Waals surface area contributed by atoms with E-state index in [2.05, 4.69) is 17.0 Å². The van der Waals surface area contributed by atoms with Gasteiger partial charge in [-0.3, -0.25) is 0 Å². The van der Waals surface area contributed by atoms with Gasteiger partial charge in [0.25, 0.3) is 0 Å². The van der Waals surface area contributed by atoms with Gasteiger partial charge in [-0.1, -0.05) is 13.8 Å². The Hall–Kier alpha value is -0.130. The van der Waals surface area contributed by atoms with Crippen molar-refractivity contribution >= 4 is 10.0 Å². The van der Waals surface area contributed by atoms with Crippen molar-refractivity contribution in [2.24, 2.45) is 5.92 Å². The van der Waals surface area contributed by atoms with Gasteiger partial charge in [0, 0.05) is 6.04 Å². The Bertz CT molecular complexity index is 264. The first-order valence-electron chi connectivity index (χ1n) is 5.26. The van der Waals surface area contributed by atoms with Crippen molar-refractivity contribution in [1.82, 2.24) is 10.0 Å². The fraction of sp³-hybridized carbons (Fsp3) is 1.00. The van der Waals surface area contributed by atoms with E-state index in [0.29, 0.717) is 12.3 Å². The van der Waals surface area contributed by atoms with Gasteiger partial charge in [0.1, 0.15) is 0 Å². The van der Waals surface area contributed by atoms with Crippen LogP contribution in [0.4, 0.5) is 0 Å². The van der Waals surface area contributed by atoms with E-state index in [1.165, 1.54) is 0 Å². The number of nitrogens with one attached hydrogen (secondary N) is 2. The summed E-state index contributed by atoms with van der Waals surface area (Å²) in [5, 5.41) is 3.11. The summed E-state index contributed by atoms with van der Waals surface area (Å²) in [7, 11) is -3.02. The van der Waals surface area contributed by atoms with E-state index in [1.807, 2.05) is 6.92 Å². The van der Waals surface area contributed by atoms with E-state index < -0.39 is 10.0 Å². The fourth-order valence-corrected chi connectivity index (χ4v) is 2.77. The quantitative estimate of drug-likeness (QED) is 0.607. The minimum absolute atomic E-state index is 0.208. The Morgan fingerprint density at radius 2 is 2.07 bits per heavy atom. The second-order valence-corrected chi connectivity index (χ2v) is 5.84. The summed E-state index contributed by atoms with van der Waals surface area (Å²) in [6.07, 6.45) is 1.68. The normalized spacial score (nSPS) is 26.4. The zero-order valence-electron chi connectivity index (χ0n) is 8.91. The summed E-state index contributed by atoms with van der Waals surface area (Å²) >= 11 is 0. The Labute approximate surface area is 86.5 Å². The molecule has 0 aromatic carbocycles. The third-order valence-corrected chi connectivity index (χ3v) is 3.95. The van der Waals surface area contributed by atoms with Crippen molar-refractivity contribution in [3.05, 3.63) is 0 Å². The van der Waals surface area contributed by atoms with Crippen LogP contribution in [0.25, 0.3) is 0 Å². The summed E-state index contributed by atoms with van der Waals surface area (Å²) < 4.78 is 25.6. The minimum Gasteiger partial charge on any atom is -0.317 e. The van der Waals surface area contributed by atoms with E-state index >= 15 is 0 Å². The molecule has 2 atom stereocenters. The van der Waals surface area contributed by atoms with Gasteiger partial charge in [0.15, 0.2) is 0 Å². The van der Waals surface area contributed by atoms with Crippen LogP contribution >= 0.6 is 0 Å². The average Bonchev–Trinajstić information content (AvgIpc) is 2.75. The van der Waals surface area contributed by atoms with E-state index in [9.17, 15) is 8.42 Å². The van der Waals surface area contributed by atoms with Crippen LogP contribution in [0.15, 0.2) is 0 Å². The van der Waals surface area contributed by atoms with Crippen molar-refractivity contribution in [2.45, 2.75) is 32.7 Å². The van der Waals surface area contributed by atoms with Gasteiger partial charge < -0.3 is 5.32 Å². The second-order valence-electron chi connectivity index (χ2n) is 3.96. The van der Waals surface area contributed by atoms with Crippen LogP contribution in [0, 0.1) is 5.92 Å². The number of rotatable bonds is 7. The minimum atomic E-state index is -3.02. The van der Waals surface area contributed by atoms with Crippen LogP contribution < -0.4 is 10.0 Å². The van der Waals surface area contributed by atoms with Gasteiger partial charge >= 0.3 is 0 Å². The molecular formula is C9H20N2O2S. The summed E-state index contributed by atoms with van der Waals surface area (Å²) in [6.45, 7) is 5.75. The molecule has 0 radical (unpaired) electrons. The molecule has 0 saturated heterocycles. The molecule has 5 heteroatoms. The predicted octanol–water partition coefficient (Wildman–Crippen LogP) is 0.314. The second kappa shape index (κ2) is 5.09. The van der Waals surface area contributed by atoms with Crippen LogP contribution in [0.5, 0.6) is 0 Å². The fourth-order valence-electron chi connectivity index (χ4n) is 1.34. The molecular weight excluding hydrogens is 200 g/mol. The Kier molecular flexibility index (Phi) is 4.34. The van der Waals surface area contributed by atoms with E-state index in [0.717, 1.165) is 19.5 Å². The lowest BCUT2D eigenvalue weighted by Gasteiger charge is -2.05. The standard InChI is InChI=1S/C9H20N2O2S/c1-3-10-5-4-6-14(12,13)11-9-7-8(9)2/h8-11H,3-7H2,1-2H3. The van der Waals surface area contributed by atoms with Crippen molar-refractivity contribution < 1.29 is 8.42 Å². The highest BCUT2D eigenvalue weighted by Gasteiger charge is 2.35. The topological polar surface area (TPSA) is 58.2 Å². The molecule has 84 valence electrons. The summed E-state index contributed by atoms with van der Waals surface area (Å²) in [5.41, 5.74) is 0. The molecule has 0 spiro atoms. The summed E-state index contributed by atoms with van der Waals surface area (Å²) in [6, 6.07) is 0.208. The third kappa shape index (κ3) is 4.39. The molecule has 0 aliphatic heterocycles. The molecule has 1 fully saturated rings. The van der Waals surface area contributed by atoms with Crippen LogP contribution in [0.3, 0.4) is 0 Å². The molecule has 0 aromatic heterocycles. The molecule has 1 saturated carbocycles. The smallest absolute Gasteiger partial charge is 0.211 e. The lowest BCUT2D eigenvalue weighted by Crippen LogP contribution is -2.30. The van der Waals surface area contributed by atoms with Gasteiger partial charge in [0.05, 0.1) is 5.75 Å². The molecule has 0 heterocycles. The predicted molar refractivity (Wildman–Crippen MR) is 57.7 cm³/mol. The molecule has 1 rings (SSSR count). The van der Waals surface area contributed by atoms with Crippen LogP contribution in [0.1, 0.15) is 26.7 Å². The van der Waals surface area contributed by atoms with Crippen LogP contribution in [0.2, 0.25) is 0 Å². The van der Waals surface area contributed by atoms with E-state index in [-0.39, 0.29) is 11.8 Å². The van der Waals surface area contributed by atoms with Gasteiger partial charge in [-0.25, -0.2) is 13.1 Å². The maximum atomic E-state index is 11.5. The van der Waals surface area contributed by atoms with Gasteiger partial charge in [-0.15, -0.1) is 0 Å². The van der Waals surface area contributed by atoms with Gasteiger partial charge in [0.2, 0.25) is 10.0 Å². The van der Waals surface area contributed by atoms with Crippen LogP contribution in [-0.2, 0) is 10.0 Å². The van der Waals surface area contributed by atoms with Crippen molar-refractivity contribution in [1.29, 1.82) is 0 Å². The first kappa shape index (κ1) is 11.9. The van der Waals surface area contributed by atoms with E-state index in [1.54, 1.807) is 0 Å². The van der Waals surface area contributed by atoms with Gasteiger partial charge in [-0.05, 0) is 31.8 Å². The zero-order valence-corrected chi connectivity index (χ0v) is 9.73. The summed E-state index contributed by atoms with van der Waals surface area (Å²) in [4.78, 5) is 0. The molecule has 14 heavy (non-hydrogen) atoms. The largest absolute Gasteiger partial charge is 0.317 e. The molecule has 0 bridgehead atoms. The monoisotopic (exact) mass is 220 g/mol. The maximum Gasteiger partial charge on any atom is 0.211 e. The van der Waals surface area contributed by atoms with Gasteiger partial charge in [-0.2, -0.15) is 0 Å². The molecule has 0 amide bonds. The lowest BCUT2D eigenvalue weighted by molar-refractivity contribution is 0.573. The SMILES string of the molecule is CCNCCCS(=O)(=O)NC1CC1C. The molecule has 1 aliphatic rings. The molecule has 2 N–H and O–H groups in total. The first-order chi connectivity index (χ1) is 6.55. The highest BCUT2D eigenvalue weighted by Crippen LogP contribution is 2.29. The Morgan fingerprint density at radius 1 is 1.43 bits per heavy atom. The molecule has 2 unspecified atom stereocenters. The summed E-state index contributed by atoms with van der Waals surface area (Å²) in [5.74, 6) is 0.766.